The Morgan fingerprint density at radius 3 is 2.69 bits per heavy atom. The normalized spacial score (nSPS) is 15.5. The largest absolute Gasteiger partial charge is 0.497 e. The second-order valence-electron chi connectivity index (χ2n) is 7.20. The third-order valence-corrected chi connectivity index (χ3v) is 6.15. The molecule has 1 unspecified atom stereocenters. The Morgan fingerprint density at radius 2 is 2.00 bits per heavy atom. The number of carbonyl (C=O) groups is 1. The van der Waals surface area contributed by atoms with Crippen LogP contribution in [0, 0.1) is 5.82 Å². The SMILES string of the molecule is COc1ccc(C2=NN(C(=O)CSCc3cc(F)ccc3OC)C(c3ccco3)C2)cc1. The highest BCUT2D eigenvalue weighted by atomic mass is 32.2. The Morgan fingerprint density at radius 1 is 1.19 bits per heavy atom. The zero-order valence-electron chi connectivity index (χ0n) is 17.8. The summed E-state index contributed by atoms with van der Waals surface area (Å²) in [5.74, 6) is 2.20. The zero-order chi connectivity index (χ0) is 22.5. The molecule has 166 valence electrons. The highest BCUT2D eigenvalue weighted by Crippen LogP contribution is 2.34. The molecule has 3 aromatic rings. The van der Waals surface area contributed by atoms with E-state index in [4.69, 9.17) is 13.9 Å². The van der Waals surface area contributed by atoms with E-state index >= 15 is 0 Å². The molecule has 32 heavy (non-hydrogen) atoms. The molecule has 4 rings (SSSR count). The van der Waals surface area contributed by atoms with Crippen molar-refractivity contribution in [1.82, 2.24) is 5.01 Å². The second-order valence-corrected chi connectivity index (χ2v) is 8.18. The number of benzene rings is 2. The quantitative estimate of drug-likeness (QED) is 0.477. The van der Waals surface area contributed by atoms with Gasteiger partial charge < -0.3 is 13.9 Å². The first kappa shape index (κ1) is 22.0. The lowest BCUT2D eigenvalue weighted by molar-refractivity contribution is -0.130. The van der Waals surface area contributed by atoms with Gasteiger partial charge in [0.25, 0.3) is 5.91 Å². The van der Waals surface area contributed by atoms with Gasteiger partial charge in [-0.05, 0) is 60.2 Å². The van der Waals surface area contributed by atoms with Crippen molar-refractivity contribution in [2.75, 3.05) is 20.0 Å². The molecule has 0 bridgehead atoms. The molecule has 2 aromatic carbocycles. The average molecular weight is 455 g/mol. The number of hydrogen-bond acceptors (Lipinski definition) is 6. The van der Waals surface area contributed by atoms with E-state index in [0.29, 0.717) is 29.2 Å². The molecule has 0 radical (unpaired) electrons. The van der Waals surface area contributed by atoms with Crippen LogP contribution in [-0.4, -0.2) is 36.6 Å². The maximum absolute atomic E-state index is 13.6. The summed E-state index contributed by atoms with van der Waals surface area (Å²) < 4.78 is 29.7. The fourth-order valence-corrected chi connectivity index (χ4v) is 4.43. The smallest absolute Gasteiger partial charge is 0.253 e. The van der Waals surface area contributed by atoms with Gasteiger partial charge in [-0.25, -0.2) is 9.40 Å². The number of halogens is 1. The first-order valence-corrected chi connectivity index (χ1v) is 11.2. The predicted molar refractivity (Wildman–Crippen MR) is 122 cm³/mol. The standard InChI is InChI=1S/C24H23FN2O4S/c1-29-19-8-5-16(6-9-19)20-13-21(23-4-3-11-31-23)27(26-20)24(28)15-32-14-17-12-18(25)7-10-22(17)30-2/h3-12,21H,13-15H2,1-2H3. The molecule has 0 aliphatic carbocycles. The van der Waals surface area contributed by atoms with Crippen LogP contribution in [0.3, 0.4) is 0 Å². The Labute approximate surface area is 190 Å². The van der Waals surface area contributed by atoms with Crippen LogP contribution in [0.25, 0.3) is 0 Å². The Kier molecular flexibility index (Phi) is 6.80. The fourth-order valence-electron chi connectivity index (χ4n) is 3.58. The van der Waals surface area contributed by atoms with Crippen LogP contribution >= 0.6 is 11.8 Å². The van der Waals surface area contributed by atoms with Crippen molar-refractivity contribution in [1.29, 1.82) is 0 Å². The molecular formula is C24H23FN2O4S. The lowest BCUT2D eigenvalue weighted by Gasteiger charge is -2.19. The molecule has 1 amide bonds. The molecule has 8 heteroatoms. The van der Waals surface area contributed by atoms with Crippen molar-refractivity contribution >= 4 is 23.4 Å². The van der Waals surface area contributed by atoms with E-state index in [1.807, 2.05) is 30.3 Å². The summed E-state index contributed by atoms with van der Waals surface area (Å²) >= 11 is 1.39. The van der Waals surface area contributed by atoms with Crippen molar-refractivity contribution in [3.05, 3.63) is 83.6 Å². The second kappa shape index (κ2) is 9.91. The monoisotopic (exact) mass is 454 g/mol. The molecular weight excluding hydrogens is 431 g/mol. The highest BCUT2D eigenvalue weighted by molar-refractivity contribution is 7.99. The first-order chi connectivity index (χ1) is 15.6. The van der Waals surface area contributed by atoms with Gasteiger partial charge in [-0.2, -0.15) is 5.10 Å². The minimum absolute atomic E-state index is 0.143. The average Bonchev–Trinajstić information content (AvgIpc) is 3.49. The van der Waals surface area contributed by atoms with E-state index in [1.165, 1.54) is 28.9 Å². The van der Waals surface area contributed by atoms with E-state index in [-0.39, 0.29) is 23.5 Å². The molecule has 2 heterocycles. The number of furan rings is 1. The van der Waals surface area contributed by atoms with Crippen molar-refractivity contribution < 1.29 is 23.1 Å². The maximum Gasteiger partial charge on any atom is 0.253 e. The van der Waals surface area contributed by atoms with E-state index in [0.717, 1.165) is 17.0 Å². The number of amides is 1. The molecule has 0 N–H and O–H groups in total. The number of thioether (sulfide) groups is 1. The summed E-state index contributed by atoms with van der Waals surface area (Å²) in [6, 6.07) is 15.3. The molecule has 0 spiro atoms. The fraction of sp³-hybridized carbons (Fsp3) is 0.250. The van der Waals surface area contributed by atoms with E-state index in [2.05, 4.69) is 5.10 Å². The van der Waals surface area contributed by atoms with Gasteiger partial charge in [0.05, 0.1) is 31.9 Å². The van der Waals surface area contributed by atoms with Crippen molar-refractivity contribution in [2.24, 2.45) is 5.10 Å². The van der Waals surface area contributed by atoms with E-state index in [9.17, 15) is 9.18 Å². The number of ether oxygens (including phenoxy) is 2. The van der Waals surface area contributed by atoms with Crippen LogP contribution < -0.4 is 9.47 Å². The molecule has 1 aliphatic rings. The minimum atomic E-state index is -0.334. The summed E-state index contributed by atoms with van der Waals surface area (Å²) in [6.45, 7) is 0. The van der Waals surface area contributed by atoms with Crippen molar-refractivity contribution in [3.63, 3.8) is 0 Å². The zero-order valence-corrected chi connectivity index (χ0v) is 18.6. The lowest BCUT2D eigenvalue weighted by atomic mass is 10.0. The molecule has 6 nitrogen and oxygen atoms in total. The Hall–Kier alpha value is -3.26. The Balaban J connectivity index is 1.48. The molecule has 0 saturated carbocycles. The number of hydrazone groups is 1. The number of methoxy groups -OCH3 is 2. The van der Waals surface area contributed by atoms with Crippen LogP contribution in [0.5, 0.6) is 11.5 Å². The number of rotatable bonds is 8. The third-order valence-electron chi connectivity index (χ3n) is 5.19. The first-order valence-electron chi connectivity index (χ1n) is 10.1. The van der Waals surface area contributed by atoms with Gasteiger partial charge in [-0.3, -0.25) is 4.79 Å². The van der Waals surface area contributed by atoms with Gasteiger partial charge >= 0.3 is 0 Å². The summed E-state index contributed by atoms with van der Waals surface area (Å²) in [5, 5.41) is 6.12. The van der Waals surface area contributed by atoms with Gasteiger partial charge in [-0.15, -0.1) is 11.8 Å². The van der Waals surface area contributed by atoms with Crippen LogP contribution in [0.4, 0.5) is 4.39 Å². The summed E-state index contributed by atoms with van der Waals surface area (Å²) in [7, 11) is 3.16. The molecule has 1 aliphatic heterocycles. The molecule has 0 fully saturated rings. The minimum Gasteiger partial charge on any atom is -0.497 e. The topological polar surface area (TPSA) is 64.3 Å². The summed E-state index contributed by atoms with van der Waals surface area (Å²) in [6.07, 6.45) is 2.14. The molecule has 1 atom stereocenters. The number of hydrogen-bond donors (Lipinski definition) is 0. The number of nitrogens with zero attached hydrogens (tertiary/aromatic N) is 2. The molecule has 0 saturated heterocycles. The number of carbonyl (C=O) groups excluding carboxylic acids is 1. The van der Waals surface area contributed by atoms with Crippen molar-refractivity contribution in [3.8, 4) is 11.5 Å². The van der Waals surface area contributed by atoms with E-state index < -0.39 is 0 Å². The van der Waals surface area contributed by atoms with Gasteiger partial charge in [-0.1, -0.05) is 0 Å². The van der Waals surface area contributed by atoms with Gasteiger partial charge in [0.15, 0.2) is 0 Å². The highest BCUT2D eigenvalue weighted by Gasteiger charge is 2.34. The summed E-state index contributed by atoms with van der Waals surface area (Å²) in [4.78, 5) is 13.1. The van der Waals surface area contributed by atoms with Crippen molar-refractivity contribution in [2.45, 2.75) is 18.2 Å². The maximum atomic E-state index is 13.6. The van der Waals surface area contributed by atoms with Crippen LogP contribution in [0.1, 0.15) is 29.3 Å². The van der Waals surface area contributed by atoms with Crippen LogP contribution in [0.15, 0.2) is 70.4 Å². The van der Waals surface area contributed by atoms with Gasteiger partial charge in [0.2, 0.25) is 0 Å². The third kappa shape index (κ3) is 4.80. The lowest BCUT2D eigenvalue weighted by Crippen LogP contribution is -2.28. The Bertz CT molecular complexity index is 1100. The van der Waals surface area contributed by atoms with E-state index in [1.54, 1.807) is 32.6 Å². The summed E-state index contributed by atoms with van der Waals surface area (Å²) in [5.41, 5.74) is 2.44. The van der Waals surface area contributed by atoms with Crippen LogP contribution in [0.2, 0.25) is 0 Å². The van der Waals surface area contributed by atoms with Crippen LogP contribution in [-0.2, 0) is 10.5 Å². The molecule has 1 aromatic heterocycles. The van der Waals surface area contributed by atoms with Gasteiger partial charge in [0.1, 0.15) is 29.1 Å². The van der Waals surface area contributed by atoms with Gasteiger partial charge in [0, 0.05) is 17.7 Å². The predicted octanol–water partition coefficient (Wildman–Crippen LogP) is 5.05.